The zero-order valence-electron chi connectivity index (χ0n) is 12.9. The second kappa shape index (κ2) is 9.52. The molecule has 0 bridgehead atoms. The fourth-order valence-corrected chi connectivity index (χ4v) is 3.14. The van der Waals surface area contributed by atoms with Crippen LogP contribution in [0.2, 0.25) is 5.02 Å². The van der Waals surface area contributed by atoms with Crippen LogP contribution in [0.1, 0.15) is 12.8 Å². The molecule has 2 fully saturated rings. The van der Waals surface area contributed by atoms with Crippen LogP contribution < -0.4 is 10.2 Å². The number of rotatable bonds is 2. The maximum atomic E-state index is 12.5. The molecule has 130 valence electrons. The molecule has 1 aromatic rings. The van der Waals surface area contributed by atoms with E-state index in [0.717, 1.165) is 57.9 Å². The molecule has 8 heteroatoms. The van der Waals surface area contributed by atoms with Gasteiger partial charge in [-0.1, -0.05) is 11.6 Å². The summed E-state index contributed by atoms with van der Waals surface area (Å²) in [6.07, 6.45) is 3.79. The molecule has 23 heavy (non-hydrogen) atoms. The minimum atomic E-state index is 0. The summed E-state index contributed by atoms with van der Waals surface area (Å²) in [5.74, 6) is 1.41. The second-order valence-corrected chi connectivity index (χ2v) is 6.13. The van der Waals surface area contributed by atoms with Crippen molar-refractivity contribution in [2.24, 2.45) is 5.92 Å². The third kappa shape index (κ3) is 5.11. The third-order valence-electron chi connectivity index (χ3n) is 4.27. The zero-order valence-corrected chi connectivity index (χ0v) is 15.3. The molecular formula is C15H23Cl3N4O. The summed E-state index contributed by atoms with van der Waals surface area (Å²) in [6, 6.07) is 3.79. The lowest BCUT2D eigenvalue weighted by molar-refractivity contribution is -0.136. The number of piperidine rings is 1. The van der Waals surface area contributed by atoms with Crippen molar-refractivity contribution in [3.05, 3.63) is 23.4 Å². The highest BCUT2D eigenvalue weighted by molar-refractivity contribution is 6.30. The first kappa shape index (κ1) is 20.3. The molecule has 3 heterocycles. The lowest BCUT2D eigenvalue weighted by atomic mass is 9.98. The fraction of sp³-hybridized carbons (Fsp3) is 0.600. The molecule has 1 unspecified atom stereocenters. The van der Waals surface area contributed by atoms with E-state index in [-0.39, 0.29) is 30.7 Å². The molecule has 0 aliphatic carbocycles. The molecule has 5 nitrogen and oxygen atoms in total. The Bertz CT molecular complexity index is 486. The van der Waals surface area contributed by atoms with E-state index in [2.05, 4.69) is 15.2 Å². The highest BCUT2D eigenvalue weighted by Gasteiger charge is 2.28. The molecule has 2 saturated heterocycles. The van der Waals surface area contributed by atoms with Crippen LogP contribution in [0.25, 0.3) is 0 Å². The van der Waals surface area contributed by atoms with Crippen molar-refractivity contribution in [3.63, 3.8) is 0 Å². The van der Waals surface area contributed by atoms with Gasteiger partial charge in [0.05, 0.1) is 10.9 Å². The van der Waals surface area contributed by atoms with Gasteiger partial charge in [0.1, 0.15) is 5.82 Å². The Morgan fingerprint density at radius 2 is 1.96 bits per heavy atom. The van der Waals surface area contributed by atoms with Crippen LogP contribution in [0.4, 0.5) is 5.82 Å². The smallest absolute Gasteiger partial charge is 0.227 e. The first-order chi connectivity index (χ1) is 10.2. The van der Waals surface area contributed by atoms with Gasteiger partial charge in [0.25, 0.3) is 0 Å². The Morgan fingerprint density at radius 1 is 1.22 bits per heavy atom. The molecule has 3 rings (SSSR count). The van der Waals surface area contributed by atoms with E-state index in [0.29, 0.717) is 10.9 Å². The summed E-state index contributed by atoms with van der Waals surface area (Å²) in [5, 5.41) is 3.96. The highest BCUT2D eigenvalue weighted by Crippen LogP contribution is 2.18. The van der Waals surface area contributed by atoms with Gasteiger partial charge in [-0.05, 0) is 31.5 Å². The summed E-state index contributed by atoms with van der Waals surface area (Å²) >= 11 is 5.86. The van der Waals surface area contributed by atoms with Crippen LogP contribution >= 0.6 is 36.4 Å². The summed E-state index contributed by atoms with van der Waals surface area (Å²) < 4.78 is 0. The van der Waals surface area contributed by atoms with Gasteiger partial charge in [0.15, 0.2) is 0 Å². The Labute approximate surface area is 154 Å². The van der Waals surface area contributed by atoms with Crippen LogP contribution in [0.5, 0.6) is 0 Å². The Morgan fingerprint density at radius 3 is 2.52 bits per heavy atom. The normalized spacial score (nSPS) is 21.2. The zero-order chi connectivity index (χ0) is 14.7. The second-order valence-electron chi connectivity index (χ2n) is 5.69. The van der Waals surface area contributed by atoms with Crippen molar-refractivity contribution in [2.75, 3.05) is 44.2 Å². The quantitative estimate of drug-likeness (QED) is 0.853. The van der Waals surface area contributed by atoms with Crippen molar-refractivity contribution in [1.29, 1.82) is 0 Å². The van der Waals surface area contributed by atoms with E-state index in [1.807, 2.05) is 17.0 Å². The minimum Gasteiger partial charge on any atom is -0.353 e. The van der Waals surface area contributed by atoms with Gasteiger partial charge in [-0.2, -0.15) is 0 Å². The molecule has 0 aromatic carbocycles. The topological polar surface area (TPSA) is 48.5 Å². The maximum Gasteiger partial charge on any atom is 0.227 e. The number of hydrogen-bond acceptors (Lipinski definition) is 4. The van der Waals surface area contributed by atoms with Crippen LogP contribution in [-0.2, 0) is 4.79 Å². The van der Waals surface area contributed by atoms with E-state index in [1.165, 1.54) is 0 Å². The molecule has 0 saturated carbocycles. The monoisotopic (exact) mass is 380 g/mol. The van der Waals surface area contributed by atoms with Gasteiger partial charge in [-0.25, -0.2) is 4.98 Å². The van der Waals surface area contributed by atoms with Gasteiger partial charge in [0.2, 0.25) is 5.91 Å². The Balaban J connectivity index is 0.00000132. The number of nitrogens with zero attached hydrogens (tertiary/aromatic N) is 3. The average Bonchev–Trinajstić information content (AvgIpc) is 2.56. The molecule has 1 N–H and O–H groups in total. The number of nitrogens with one attached hydrogen (secondary N) is 1. The van der Waals surface area contributed by atoms with Crippen molar-refractivity contribution >= 4 is 48.1 Å². The molecule has 1 aromatic heterocycles. The van der Waals surface area contributed by atoms with Crippen molar-refractivity contribution in [3.8, 4) is 0 Å². The van der Waals surface area contributed by atoms with Gasteiger partial charge >= 0.3 is 0 Å². The third-order valence-corrected chi connectivity index (χ3v) is 4.50. The Kier molecular flexibility index (Phi) is 8.40. The number of amides is 1. The minimum absolute atomic E-state index is 0. The Hall–Kier alpha value is -0.750. The number of aromatic nitrogens is 1. The van der Waals surface area contributed by atoms with Crippen molar-refractivity contribution in [2.45, 2.75) is 12.8 Å². The van der Waals surface area contributed by atoms with Crippen LogP contribution in [0.15, 0.2) is 18.3 Å². The summed E-state index contributed by atoms with van der Waals surface area (Å²) in [4.78, 5) is 21.0. The first-order valence-electron chi connectivity index (χ1n) is 7.60. The molecule has 1 amide bonds. The van der Waals surface area contributed by atoms with E-state index < -0.39 is 0 Å². The van der Waals surface area contributed by atoms with Crippen LogP contribution in [0.3, 0.4) is 0 Å². The largest absolute Gasteiger partial charge is 0.353 e. The molecule has 1 atom stereocenters. The van der Waals surface area contributed by atoms with Gasteiger partial charge in [-0.15, -0.1) is 24.8 Å². The number of piperazine rings is 1. The summed E-state index contributed by atoms with van der Waals surface area (Å²) in [7, 11) is 0. The molecule has 2 aliphatic rings. The number of carbonyl (C=O) groups excluding carboxylic acids is 1. The van der Waals surface area contributed by atoms with Crippen molar-refractivity contribution in [1.82, 2.24) is 15.2 Å². The molecule has 2 aliphatic heterocycles. The average molecular weight is 382 g/mol. The fourth-order valence-electron chi connectivity index (χ4n) is 3.03. The van der Waals surface area contributed by atoms with Gasteiger partial charge in [0, 0.05) is 38.9 Å². The lowest BCUT2D eigenvalue weighted by Crippen LogP contribution is -2.52. The van der Waals surface area contributed by atoms with Gasteiger partial charge < -0.3 is 15.1 Å². The predicted molar refractivity (Wildman–Crippen MR) is 98.1 cm³/mol. The maximum absolute atomic E-state index is 12.5. The standard InChI is InChI=1S/C15H21ClN4O.2ClH/c16-13-3-4-14(18-11-13)19-6-8-20(9-7-19)15(21)12-2-1-5-17-10-12;;/h3-4,11-12,17H,1-2,5-10H2;2*1H. The SMILES string of the molecule is Cl.Cl.O=C(C1CCCNC1)N1CCN(c2ccc(Cl)cn2)CC1. The summed E-state index contributed by atoms with van der Waals surface area (Å²) in [5.41, 5.74) is 0. The van der Waals surface area contributed by atoms with Crippen molar-refractivity contribution < 1.29 is 4.79 Å². The first-order valence-corrected chi connectivity index (χ1v) is 7.98. The van der Waals surface area contributed by atoms with Crippen LogP contribution in [-0.4, -0.2) is 55.1 Å². The van der Waals surface area contributed by atoms with E-state index >= 15 is 0 Å². The predicted octanol–water partition coefficient (Wildman–Crippen LogP) is 2.23. The number of pyridine rings is 1. The number of carbonyl (C=O) groups is 1. The number of hydrogen-bond donors (Lipinski definition) is 1. The van der Waals surface area contributed by atoms with E-state index in [1.54, 1.807) is 6.20 Å². The molecular weight excluding hydrogens is 359 g/mol. The highest BCUT2D eigenvalue weighted by atomic mass is 35.5. The summed E-state index contributed by atoms with van der Waals surface area (Å²) in [6.45, 7) is 5.10. The van der Waals surface area contributed by atoms with Gasteiger partial charge in [-0.3, -0.25) is 4.79 Å². The molecule has 0 spiro atoms. The number of halogens is 3. The van der Waals surface area contributed by atoms with E-state index in [4.69, 9.17) is 11.6 Å². The molecule has 0 radical (unpaired) electrons. The van der Waals surface area contributed by atoms with Crippen LogP contribution in [0, 0.1) is 5.92 Å². The lowest BCUT2D eigenvalue weighted by Gasteiger charge is -2.37. The van der Waals surface area contributed by atoms with E-state index in [9.17, 15) is 4.79 Å². The number of anilines is 1.